The summed E-state index contributed by atoms with van der Waals surface area (Å²) in [6, 6.07) is 1.77. The number of piperidine rings is 1. The standard InChI is InChI=1S/C14H22N4O2/c1-20-9-5-6-15-14(19)12-10-13(17-11-16-12)18-7-3-2-4-8-18/h10-11H,2-9H2,1H3,(H,15,19). The van der Waals surface area contributed by atoms with E-state index in [9.17, 15) is 4.79 Å². The maximum absolute atomic E-state index is 12.0. The Balaban J connectivity index is 1.92. The summed E-state index contributed by atoms with van der Waals surface area (Å²) in [7, 11) is 1.65. The van der Waals surface area contributed by atoms with Gasteiger partial charge in [0.15, 0.2) is 0 Å². The van der Waals surface area contributed by atoms with Crippen molar-refractivity contribution in [2.24, 2.45) is 0 Å². The number of amides is 1. The summed E-state index contributed by atoms with van der Waals surface area (Å²) in [6.07, 6.45) is 5.90. The number of hydrogen-bond acceptors (Lipinski definition) is 5. The number of nitrogens with zero attached hydrogens (tertiary/aromatic N) is 3. The summed E-state index contributed by atoms with van der Waals surface area (Å²) in [5, 5.41) is 2.84. The Bertz CT molecular complexity index is 433. The second-order valence-corrected chi connectivity index (χ2v) is 4.91. The van der Waals surface area contributed by atoms with Crippen LogP contribution in [-0.2, 0) is 4.74 Å². The Morgan fingerprint density at radius 3 is 2.90 bits per heavy atom. The van der Waals surface area contributed by atoms with Gasteiger partial charge in [0.1, 0.15) is 17.8 Å². The first-order valence-corrected chi connectivity index (χ1v) is 7.15. The van der Waals surface area contributed by atoms with E-state index < -0.39 is 0 Å². The van der Waals surface area contributed by atoms with Crippen molar-refractivity contribution < 1.29 is 9.53 Å². The average Bonchev–Trinajstić information content (AvgIpc) is 2.52. The molecule has 1 aliphatic rings. The molecule has 1 aromatic rings. The monoisotopic (exact) mass is 278 g/mol. The van der Waals surface area contributed by atoms with Gasteiger partial charge in [-0.2, -0.15) is 0 Å². The lowest BCUT2D eigenvalue weighted by Crippen LogP contribution is -2.31. The lowest BCUT2D eigenvalue weighted by atomic mass is 10.1. The van der Waals surface area contributed by atoms with Crippen LogP contribution in [0.15, 0.2) is 12.4 Å². The van der Waals surface area contributed by atoms with Crippen molar-refractivity contribution in [3.8, 4) is 0 Å². The molecular formula is C14H22N4O2. The van der Waals surface area contributed by atoms with Crippen LogP contribution in [0, 0.1) is 0 Å². The molecule has 0 aliphatic carbocycles. The van der Waals surface area contributed by atoms with Crippen LogP contribution in [0.5, 0.6) is 0 Å². The SMILES string of the molecule is COCCCNC(=O)c1cc(N2CCCCC2)ncn1. The van der Waals surface area contributed by atoms with Crippen molar-refractivity contribution in [3.63, 3.8) is 0 Å². The van der Waals surface area contributed by atoms with Crippen LogP contribution in [0.3, 0.4) is 0 Å². The Labute approximate surface area is 119 Å². The second-order valence-electron chi connectivity index (χ2n) is 4.91. The molecule has 1 aromatic heterocycles. The maximum Gasteiger partial charge on any atom is 0.270 e. The van der Waals surface area contributed by atoms with Gasteiger partial charge < -0.3 is 15.0 Å². The zero-order chi connectivity index (χ0) is 14.2. The smallest absolute Gasteiger partial charge is 0.270 e. The van der Waals surface area contributed by atoms with Gasteiger partial charge in [-0.05, 0) is 25.7 Å². The Morgan fingerprint density at radius 1 is 1.35 bits per heavy atom. The van der Waals surface area contributed by atoms with Gasteiger partial charge in [0.25, 0.3) is 5.91 Å². The molecular weight excluding hydrogens is 256 g/mol. The molecule has 2 heterocycles. The molecule has 0 radical (unpaired) electrons. The molecule has 0 spiro atoms. The summed E-state index contributed by atoms with van der Waals surface area (Å²) >= 11 is 0. The molecule has 0 bridgehead atoms. The molecule has 1 aliphatic heterocycles. The molecule has 2 rings (SSSR count). The van der Waals surface area contributed by atoms with E-state index in [1.807, 2.05) is 0 Å². The molecule has 6 heteroatoms. The number of carbonyl (C=O) groups is 1. The van der Waals surface area contributed by atoms with Crippen molar-refractivity contribution in [2.45, 2.75) is 25.7 Å². The van der Waals surface area contributed by atoms with Gasteiger partial charge in [0.2, 0.25) is 0 Å². The molecule has 20 heavy (non-hydrogen) atoms. The number of ether oxygens (including phenoxy) is 1. The number of anilines is 1. The lowest BCUT2D eigenvalue weighted by molar-refractivity contribution is 0.0943. The minimum Gasteiger partial charge on any atom is -0.385 e. The molecule has 0 saturated carbocycles. The highest BCUT2D eigenvalue weighted by Crippen LogP contribution is 2.17. The third-order valence-electron chi connectivity index (χ3n) is 3.38. The van der Waals surface area contributed by atoms with Crippen molar-refractivity contribution in [1.29, 1.82) is 0 Å². The zero-order valence-electron chi connectivity index (χ0n) is 12.0. The fourth-order valence-corrected chi connectivity index (χ4v) is 2.28. The highest BCUT2D eigenvalue weighted by molar-refractivity contribution is 5.92. The summed E-state index contributed by atoms with van der Waals surface area (Å²) in [5.74, 6) is 0.698. The second kappa shape index (κ2) is 7.79. The van der Waals surface area contributed by atoms with Gasteiger partial charge >= 0.3 is 0 Å². The normalized spacial score (nSPS) is 15.2. The highest BCUT2D eigenvalue weighted by atomic mass is 16.5. The van der Waals surface area contributed by atoms with Crippen LogP contribution in [0.25, 0.3) is 0 Å². The Hall–Kier alpha value is -1.69. The molecule has 6 nitrogen and oxygen atoms in total. The van der Waals surface area contributed by atoms with E-state index in [4.69, 9.17) is 4.74 Å². The summed E-state index contributed by atoms with van der Waals surface area (Å²) in [6.45, 7) is 3.25. The van der Waals surface area contributed by atoms with Crippen LogP contribution in [0.4, 0.5) is 5.82 Å². The first-order chi connectivity index (χ1) is 9.81. The van der Waals surface area contributed by atoms with Crippen LogP contribution in [-0.4, -0.2) is 49.2 Å². The zero-order valence-corrected chi connectivity index (χ0v) is 12.0. The van der Waals surface area contributed by atoms with Gasteiger partial charge in [0.05, 0.1) is 0 Å². The highest BCUT2D eigenvalue weighted by Gasteiger charge is 2.14. The fourth-order valence-electron chi connectivity index (χ4n) is 2.28. The minimum atomic E-state index is -0.151. The molecule has 1 N–H and O–H groups in total. The quantitative estimate of drug-likeness (QED) is 0.793. The molecule has 0 unspecified atom stereocenters. The first-order valence-electron chi connectivity index (χ1n) is 7.15. The van der Waals surface area contributed by atoms with Crippen LogP contribution in [0.2, 0.25) is 0 Å². The van der Waals surface area contributed by atoms with E-state index in [1.165, 1.54) is 25.6 Å². The van der Waals surface area contributed by atoms with E-state index >= 15 is 0 Å². The summed E-state index contributed by atoms with van der Waals surface area (Å²) < 4.78 is 4.94. The topological polar surface area (TPSA) is 67.3 Å². The maximum atomic E-state index is 12.0. The molecule has 0 aromatic carbocycles. The predicted octanol–water partition coefficient (Wildman–Crippen LogP) is 1.23. The minimum absolute atomic E-state index is 0.151. The molecule has 1 fully saturated rings. The van der Waals surface area contributed by atoms with E-state index in [2.05, 4.69) is 20.2 Å². The number of nitrogens with one attached hydrogen (secondary N) is 1. The fraction of sp³-hybridized carbons (Fsp3) is 0.643. The van der Waals surface area contributed by atoms with Crippen LogP contribution >= 0.6 is 0 Å². The van der Waals surface area contributed by atoms with Crippen molar-refractivity contribution in [1.82, 2.24) is 15.3 Å². The molecule has 110 valence electrons. The van der Waals surface area contributed by atoms with Crippen molar-refractivity contribution >= 4 is 11.7 Å². The molecule has 0 atom stereocenters. The van der Waals surface area contributed by atoms with Crippen molar-refractivity contribution in [2.75, 3.05) is 38.3 Å². The van der Waals surface area contributed by atoms with E-state index in [1.54, 1.807) is 13.2 Å². The van der Waals surface area contributed by atoms with Gasteiger partial charge in [-0.15, -0.1) is 0 Å². The molecule has 1 amide bonds. The third-order valence-corrected chi connectivity index (χ3v) is 3.38. The Morgan fingerprint density at radius 2 is 2.15 bits per heavy atom. The first kappa shape index (κ1) is 14.7. The van der Waals surface area contributed by atoms with Gasteiger partial charge in [-0.25, -0.2) is 9.97 Å². The van der Waals surface area contributed by atoms with Gasteiger partial charge in [0, 0.05) is 39.4 Å². The number of rotatable bonds is 6. The van der Waals surface area contributed by atoms with E-state index in [0.29, 0.717) is 18.8 Å². The average molecular weight is 278 g/mol. The third kappa shape index (κ3) is 4.16. The number of methoxy groups -OCH3 is 1. The predicted molar refractivity (Wildman–Crippen MR) is 76.9 cm³/mol. The number of carbonyl (C=O) groups excluding carboxylic acids is 1. The number of aromatic nitrogens is 2. The van der Waals surface area contributed by atoms with Crippen LogP contribution in [0.1, 0.15) is 36.2 Å². The van der Waals surface area contributed by atoms with E-state index in [0.717, 1.165) is 25.3 Å². The van der Waals surface area contributed by atoms with Gasteiger partial charge in [-0.3, -0.25) is 4.79 Å². The number of hydrogen-bond donors (Lipinski definition) is 1. The van der Waals surface area contributed by atoms with E-state index in [-0.39, 0.29) is 5.91 Å². The summed E-state index contributed by atoms with van der Waals surface area (Å²) in [4.78, 5) is 22.5. The molecule has 1 saturated heterocycles. The lowest BCUT2D eigenvalue weighted by Gasteiger charge is -2.27. The van der Waals surface area contributed by atoms with Crippen molar-refractivity contribution in [3.05, 3.63) is 18.1 Å². The van der Waals surface area contributed by atoms with Gasteiger partial charge in [-0.1, -0.05) is 0 Å². The Kier molecular flexibility index (Phi) is 5.73. The largest absolute Gasteiger partial charge is 0.385 e. The van der Waals surface area contributed by atoms with Crippen LogP contribution < -0.4 is 10.2 Å². The summed E-state index contributed by atoms with van der Waals surface area (Å²) in [5.41, 5.74) is 0.429.